The van der Waals surface area contributed by atoms with E-state index in [1.807, 2.05) is 37.3 Å². The Bertz CT molecular complexity index is 1120. The number of sulfonamides is 1. The van der Waals surface area contributed by atoms with Crippen LogP contribution in [0.5, 0.6) is 5.75 Å². The maximum atomic E-state index is 12.9. The largest absolute Gasteiger partial charge is 0.493 e. The van der Waals surface area contributed by atoms with Gasteiger partial charge in [0.1, 0.15) is 15.5 Å². The summed E-state index contributed by atoms with van der Waals surface area (Å²) in [6.45, 7) is 2.46. The lowest BCUT2D eigenvalue weighted by atomic mass is 10.1. The molecule has 2 aromatic carbocycles. The highest BCUT2D eigenvalue weighted by Gasteiger charge is 2.53. The predicted molar refractivity (Wildman–Crippen MR) is 110 cm³/mol. The lowest BCUT2D eigenvalue weighted by Crippen LogP contribution is -2.45. The summed E-state index contributed by atoms with van der Waals surface area (Å²) in [6, 6.07) is 14.4. The van der Waals surface area contributed by atoms with Gasteiger partial charge in [-0.2, -0.15) is 4.72 Å². The zero-order chi connectivity index (χ0) is 19.8. The van der Waals surface area contributed by atoms with Crippen molar-refractivity contribution in [2.75, 3.05) is 11.9 Å². The van der Waals surface area contributed by atoms with Crippen LogP contribution in [-0.2, 0) is 14.8 Å². The molecule has 6 nitrogen and oxygen atoms in total. The second-order valence-corrected chi connectivity index (χ2v) is 9.52. The Morgan fingerprint density at radius 3 is 2.50 bits per heavy atom. The average molecular weight is 417 g/mol. The van der Waals surface area contributed by atoms with Gasteiger partial charge < -0.3 is 10.1 Å². The Labute approximate surface area is 167 Å². The molecule has 0 unspecified atom stereocenters. The fourth-order valence-electron chi connectivity index (χ4n) is 3.13. The minimum absolute atomic E-state index is 0.207. The van der Waals surface area contributed by atoms with Crippen molar-refractivity contribution in [2.45, 2.75) is 29.5 Å². The molecule has 1 aliphatic carbocycles. The van der Waals surface area contributed by atoms with Crippen LogP contribution in [0.3, 0.4) is 0 Å². The smallest absolute Gasteiger partial charge is 0.251 e. The molecule has 0 spiro atoms. The highest BCUT2D eigenvalue weighted by molar-refractivity contribution is 7.91. The molecule has 1 amide bonds. The number of rotatable bonds is 7. The molecule has 0 bridgehead atoms. The van der Waals surface area contributed by atoms with E-state index in [1.165, 1.54) is 6.07 Å². The summed E-state index contributed by atoms with van der Waals surface area (Å²) < 4.78 is 33.5. The summed E-state index contributed by atoms with van der Waals surface area (Å²) in [5, 5.41) is 6.34. The van der Waals surface area contributed by atoms with Crippen molar-refractivity contribution in [1.29, 1.82) is 0 Å². The van der Waals surface area contributed by atoms with Crippen LogP contribution >= 0.6 is 11.3 Å². The maximum absolute atomic E-state index is 12.9. The van der Waals surface area contributed by atoms with E-state index in [2.05, 4.69) is 10.0 Å². The first-order chi connectivity index (χ1) is 13.5. The first-order valence-corrected chi connectivity index (χ1v) is 11.3. The van der Waals surface area contributed by atoms with Crippen LogP contribution in [0.2, 0.25) is 0 Å². The molecule has 28 heavy (non-hydrogen) atoms. The summed E-state index contributed by atoms with van der Waals surface area (Å²) in [4.78, 5) is 12.9. The van der Waals surface area contributed by atoms with Crippen molar-refractivity contribution >= 4 is 43.7 Å². The van der Waals surface area contributed by atoms with Crippen molar-refractivity contribution in [2.24, 2.45) is 0 Å². The normalized spacial score (nSPS) is 15.3. The highest BCUT2D eigenvalue weighted by Crippen LogP contribution is 2.39. The number of ether oxygens (including phenoxy) is 1. The summed E-state index contributed by atoms with van der Waals surface area (Å²) in [7, 11) is -3.72. The molecule has 0 saturated heterocycles. The number of nitrogens with one attached hydrogen (secondary N) is 2. The van der Waals surface area contributed by atoms with Gasteiger partial charge in [0.2, 0.25) is 5.91 Å². The van der Waals surface area contributed by atoms with Crippen molar-refractivity contribution in [3.8, 4) is 5.75 Å². The third kappa shape index (κ3) is 3.50. The van der Waals surface area contributed by atoms with E-state index in [0.29, 0.717) is 25.1 Å². The van der Waals surface area contributed by atoms with E-state index in [1.54, 1.807) is 17.5 Å². The first-order valence-electron chi connectivity index (χ1n) is 8.99. The quantitative estimate of drug-likeness (QED) is 0.614. The van der Waals surface area contributed by atoms with Gasteiger partial charge in [-0.3, -0.25) is 4.79 Å². The Kier molecular flexibility index (Phi) is 4.86. The summed E-state index contributed by atoms with van der Waals surface area (Å²) in [5.41, 5.74) is -0.464. The summed E-state index contributed by atoms with van der Waals surface area (Å²) in [5.74, 6) is 0.401. The zero-order valence-corrected chi connectivity index (χ0v) is 16.9. The van der Waals surface area contributed by atoms with Crippen LogP contribution in [0, 0.1) is 0 Å². The van der Waals surface area contributed by atoms with E-state index < -0.39 is 15.6 Å². The molecule has 1 heterocycles. The third-order valence-electron chi connectivity index (χ3n) is 4.71. The number of fused-ring (bicyclic) bond motifs is 1. The van der Waals surface area contributed by atoms with Crippen LogP contribution in [0.25, 0.3) is 10.8 Å². The topological polar surface area (TPSA) is 84.5 Å². The Balaban J connectivity index is 1.60. The average Bonchev–Trinajstić information content (AvgIpc) is 3.23. The van der Waals surface area contributed by atoms with Crippen LogP contribution < -0.4 is 14.8 Å². The van der Waals surface area contributed by atoms with Crippen molar-refractivity contribution < 1.29 is 17.9 Å². The SMILES string of the molecule is CCOc1ccc(NC(=O)C2(NS(=O)(=O)c3cccs3)CC2)c2ccccc12. The monoisotopic (exact) mass is 416 g/mol. The van der Waals surface area contributed by atoms with E-state index in [-0.39, 0.29) is 10.1 Å². The van der Waals surface area contributed by atoms with Crippen molar-refractivity contribution in [3.63, 3.8) is 0 Å². The van der Waals surface area contributed by atoms with Gasteiger partial charge in [0.15, 0.2) is 0 Å². The molecule has 3 aromatic rings. The molecule has 4 rings (SSSR count). The van der Waals surface area contributed by atoms with E-state index in [9.17, 15) is 13.2 Å². The number of carbonyl (C=O) groups is 1. The standard InChI is InChI=1S/C20H20N2O4S2/c1-2-26-17-10-9-16(14-6-3-4-7-15(14)17)21-19(23)20(11-12-20)22-28(24,25)18-8-5-13-27-18/h3-10,13,22H,2,11-12H2,1H3,(H,21,23). The highest BCUT2D eigenvalue weighted by atomic mass is 32.2. The number of benzene rings is 2. The molecule has 2 N–H and O–H groups in total. The molecule has 1 aromatic heterocycles. The van der Waals surface area contributed by atoms with E-state index >= 15 is 0 Å². The third-order valence-corrected chi connectivity index (χ3v) is 7.64. The van der Waals surface area contributed by atoms with Crippen LogP contribution in [0.1, 0.15) is 19.8 Å². The Hall–Kier alpha value is -2.42. The van der Waals surface area contributed by atoms with Gasteiger partial charge in [-0.25, -0.2) is 8.42 Å². The number of hydrogen-bond donors (Lipinski definition) is 2. The number of carbonyl (C=O) groups excluding carboxylic acids is 1. The van der Waals surface area contributed by atoms with Crippen LogP contribution in [-0.4, -0.2) is 26.5 Å². The lowest BCUT2D eigenvalue weighted by molar-refractivity contribution is -0.118. The number of amides is 1. The fraction of sp³-hybridized carbons (Fsp3) is 0.250. The molecule has 0 aliphatic heterocycles. The second kappa shape index (κ2) is 7.20. The van der Waals surface area contributed by atoms with Crippen LogP contribution in [0.15, 0.2) is 58.1 Å². The van der Waals surface area contributed by atoms with Gasteiger partial charge in [0.05, 0.1) is 6.61 Å². The molecule has 8 heteroatoms. The minimum atomic E-state index is -3.72. The molecule has 1 saturated carbocycles. The molecular formula is C20H20N2O4S2. The Morgan fingerprint density at radius 2 is 1.86 bits per heavy atom. The van der Waals surface area contributed by atoms with Gasteiger partial charge in [-0.15, -0.1) is 11.3 Å². The molecular weight excluding hydrogens is 396 g/mol. The number of thiophene rings is 1. The van der Waals surface area contributed by atoms with Gasteiger partial charge in [0.25, 0.3) is 10.0 Å². The van der Waals surface area contributed by atoms with Crippen molar-refractivity contribution in [3.05, 3.63) is 53.9 Å². The maximum Gasteiger partial charge on any atom is 0.251 e. The fourth-order valence-corrected chi connectivity index (χ4v) is 5.54. The Morgan fingerprint density at radius 1 is 1.11 bits per heavy atom. The van der Waals surface area contributed by atoms with Crippen LogP contribution in [0.4, 0.5) is 5.69 Å². The zero-order valence-electron chi connectivity index (χ0n) is 15.3. The number of anilines is 1. The van der Waals surface area contributed by atoms with Gasteiger partial charge in [0, 0.05) is 16.5 Å². The molecule has 146 valence electrons. The van der Waals surface area contributed by atoms with E-state index in [0.717, 1.165) is 27.9 Å². The molecule has 0 atom stereocenters. The van der Waals surface area contributed by atoms with Gasteiger partial charge >= 0.3 is 0 Å². The summed E-state index contributed by atoms with van der Waals surface area (Å²) >= 11 is 1.13. The molecule has 1 aliphatic rings. The van der Waals surface area contributed by atoms with E-state index in [4.69, 9.17) is 4.74 Å². The molecule has 0 radical (unpaired) electrons. The van der Waals surface area contributed by atoms with Gasteiger partial charge in [-0.1, -0.05) is 30.3 Å². The second-order valence-electron chi connectivity index (χ2n) is 6.66. The number of hydrogen-bond acceptors (Lipinski definition) is 5. The lowest BCUT2D eigenvalue weighted by Gasteiger charge is -2.18. The molecule has 1 fully saturated rings. The van der Waals surface area contributed by atoms with Crippen molar-refractivity contribution in [1.82, 2.24) is 4.72 Å². The van der Waals surface area contributed by atoms with Gasteiger partial charge in [-0.05, 0) is 43.3 Å². The minimum Gasteiger partial charge on any atom is -0.493 e. The summed E-state index contributed by atoms with van der Waals surface area (Å²) in [6.07, 6.45) is 0.941. The predicted octanol–water partition coefficient (Wildman–Crippen LogP) is 3.75. The first kappa shape index (κ1) is 18.9.